The second-order valence-corrected chi connectivity index (χ2v) is 4.78. The van der Waals surface area contributed by atoms with Crippen molar-refractivity contribution in [3.8, 4) is 5.75 Å². The van der Waals surface area contributed by atoms with E-state index in [0.29, 0.717) is 23.4 Å². The van der Waals surface area contributed by atoms with Crippen LogP contribution in [0.25, 0.3) is 4.98 Å². The minimum atomic E-state index is -0.386. The molecule has 5 nitrogen and oxygen atoms in total. The van der Waals surface area contributed by atoms with Gasteiger partial charge in [0, 0.05) is 17.2 Å². The van der Waals surface area contributed by atoms with E-state index in [2.05, 4.69) is 4.98 Å². The Labute approximate surface area is 128 Å². The molecular formula is C17H15N2O3+. The number of carbonyl (C=O) groups is 2. The monoisotopic (exact) mass is 295 g/mol. The minimum Gasteiger partial charge on any atom is -0.427 e. The first-order chi connectivity index (χ1) is 10.6. The van der Waals surface area contributed by atoms with Gasteiger partial charge in [-0.15, -0.1) is 0 Å². The minimum absolute atomic E-state index is 0.0396. The zero-order chi connectivity index (χ0) is 15.9. The molecule has 0 unspecified atom stereocenters. The smallest absolute Gasteiger partial charge is 0.388 e. The van der Waals surface area contributed by atoms with Crippen LogP contribution in [0.2, 0.25) is 0 Å². The third kappa shape index (κ3) is 4.00. The largest absolute Gasteiger partial charge is 0.427 e. The number of diazo groups is 1. The molecule has 0 atom stereocenters. The number of hydrogen-bond acceptors (Lipinski definition) is 4. The van der Waals surface area contributed by atoms with Gasteiger partial charge in [-0.2, -0.15) is 0 Å². The standard InChI is InChI=1S/C17H15N2O3/c1-12(20)13-6-9-15(10-7-13)22-17(21)11-8-14-4-2-3-5-16(14)19-18/h2-7,9-10H,8,11H2,1H3/q+1. The van der Waals surface area contributed by atoms with Gasteiger partial charge in [-0.3, -0.25) is 9.59 Å². The van der Waals surface area contributed by atoms with Crippen LogP contribution in [-0.4, -0.2) is 11.8 Å². The fourth-order valence-corrected chi connectivity index (χ4v) is 2.00. The van der Waals surface area contributed by atoms with Crippen molar-refractivity contribution < 1.29 is 14.3 Å². The molecule has 0 aliphatic rings. The second-order valence-electron chi connectivity index (χ2n) is 4.78. The van der Waals surface area contributed by atoms with Gasteiger partial charge in [0.1, 0.15) is 5.75 Å². The number of Topliss-reactive ketones (excluding diaryl/α,β-unsaturated/α-hetero) is 1. The van der Waals surface area contributed by atoms with E-state index in [0.717, 1.165) is 5.56 Å². The third-order valence-electron chi connectivity index (χ3n) is 3.19. The molecule has 0 aliphatic carbocycles. The van der Waals surface area contributed by atoms with Gasteiger partial charge in [0.15, 0.2) is 10.8 Å². The number of esters is 1. The molecule has 0 amide bonds. The van der Waals surface area contributed by atoms with E-state index in [-0.39, 0.29) is 18.2 Å². The summed E-state index contributed by atoms with van der Waals surface area (Å²) in [6, 6.07) is 13.4. The second kappa shape index (κ2) is 7.14. The number of carbonyl (C=O) groups excluding carboxylic acids is 2. The summed E-state index contributed by atoms with van der Waals surface area (Å²) in [6.45, 7) is 1.48. The van der Waals surface area contributed by atoms with Gasteiger partial charge in [-0.05, 0) is 37.6 Å². The Balaban J connectivity index is 1.93. The lowest BCUT2D eigenvalue weighted by Crippen LogP contribution is -2.09. The van der Waals surface area contributed by atoms with Crippen LogP contribution in [0, 0.1) is 5.39 Å². The van der Waals surface area contributed by atoms with E-state index >= 15 is 0 Å². The fraction of sp³-hybridized carbons (Fsp3) is 0.176. The van der Waals surface area contributed by atoms with Crippen LogP contribution in [0.4, 0.5) is 5.69 Å². The first-order valence-corrected chi connectivity index (χ1v) is 6.85. The Morgan fingerprint density at radius 1 is 1.09 bits per heavy atom. The molecular weight excluding hydrogens is 280 g/mol. The highest BCUT2D eigenvalue weighted by Crippen LogP contribution is 2.20. The molecule has 2 rings (SSSR count). The molecule has 0 N–H and O–H groups in total. The fourth-order valence-electron chi connectivity index (χ4n) is 2.00. The van der Waals surface area contributed by atoms with E-state index in [1.807, 2.05) is 6.07 Å². The summed E-state index contributed by atoms with van der Waals surface area (Å²) in [6.07, 6.45) is 0.589. The molecule has 0 aliphatic heterocycles. The number of ether oxygens (including phenoxy) is 1. The number of ketones is 1. The predicted molar refractivity (Wildman–Crippen MR) is 81.6 cm³/mol. The molecule has 0 saturated carbocycles. The summed E-state index contributed by atoms with van der Waals surface area (Å²) >= 11 is 0. The van der Waals surface area contributed by atoms with Gasteiger partial charge in [0.25, 0.3) is 0 Å². The molecule has 0 radical (unpaired) electrons. The number of benzene rings is 2. The topological polar surface area (TPSA) is 71.5 Å². The van der Waals surface area contributed by atoms with Gasteiger partial charge in [-0.25, -0.2) is 0 Å². The number of nitrogens with zero attached hydrogens (tertiary/aromatic N) is 2. The van der Waals surface area contributed by atoms with E-state index in [1.165, 1.54) is 6.92 Å². The van der Waals surface area contributed by atoms with Crippen LogP contribution in [0.5, 0.6) is 5.75 Å². The van der Waals surface area contributed by atoms with Crippen molar-refractivity contribution >= 4 is 17.4 Å². The van der Waals surface area contributed by atoms with Crippen molar-refractivity contribution in [1.29, 1.82) is 5.39 Å². The lowest BCUT2D eigenvalue weighted by atomic mass is 10.1. The third-order valence-corrected chi connectivity index (χ3v) is 3.19. The molecule has 0 heterocycles. The van der Waals surface area contributed by atoms with Crippen molar-refractivity contribution in [2.75, 3.05) is 0 Å². The maximum Gasteiger partial charge on any atom is 0.388 e. The Bertz CT molecular complexity index is 730. The molecule has 0 aromatic heterocycles. The predicted octanol–water partition coefficient (Wildman–Crippen LogP) is 3.91. The Kier molecular flexibility index (Phi) is 4.99. The lowest BCUT2D eigenvalue weighted by molar-refractivity contribution is -0.134. The zero-order valence-corrected chi connectivity index (χ0v) is 12.2. The van der Waals surface area contributed by atoms with Crippen molar-refractivity contribution in [2.24, 2.45) is 0 Å². The number of aryl methyl sites for hydroxylation is 1. The summed E-state index contributed by atoms with van der Waals surface area (Å²) in [5.74, 6) is -0.0271. The maximum atomic E-state index is 11.8. The van der Waals surface area contributed by atoms with E-state index in [4.69, 9.17) is 10.1 Å². The van der Waals surface area contributed by atoms with Crippen molar-refractivity contribution in [3.63, 3.8) is 0 Å². The molecule has 0 bridgehead atoms. The average molecular weight is 295 g/mol. The van der Waals surface area contributed by atoms with Crippen LogP contribution in [0.15, 0.2) is 48.5 Å². The van der Waals surface area contributed by atoms with Crippen LogP contribution in [0.1, 0.15) is 29.3 Å². The molecule has 22 heavy (non-hydrogen) atoms. The molecule has 0 fully saturated rings. The van der Waals surface area contributed by atoms with Crippen LogP contribution < -0.4 is 4.74 Å². The maximum absolute atomic E-state index is 11.8. The van der Waals surface area contributed by atoms with Gasteiger partial charge < -0.3 is 4.74 Å². The first-order valence-electron chi connectivity index (χ1n) is 6.85. The molecule has 110 valence electrons. The first kappa shape index (κ1) is 15.4. The average Bonchev–Trinajstić information content (AvgIpc) is 2.53. The summed E-state index contributed by atoms with van der Waals surface area (Å²) < 4.78 is 5.20. The summed E-state index contributed by atoms with van der Waals surface area (Å²) in [7, 11) is 0. The summed E-state index contributed by atoms with van der Waals surface area (Å²) in [5.41, 5.74) is 1.79. The SMILES string of the molecule is CC(=O)c1ccc(OC(=O)CCc2ccccc2[N+]#N)cc1. The number of rotatable bonds is 5. The lowest BCUT2D eigenvalue weighted by Gasteiger charge is -2.04. The Hall–Kier alpha value is -3.00. The quantitative estimate of drug-likeness (QED) is 0.363. The van der Waals surface area contributed by atoms with E-state index in [9.17, 15) is 9.59 Å². The van der Waals surface area contributed by atoms with Crippen LogP contribution >= 0.6 is 0 Å². The zero-order valence-electron chi connectivity index (χ0n) is 12.2. The summed E-state index contributed by atoms with van der Waals surface area (Å²) in [4.78, 5) is 26.2. The summed E-state index contributed by atoms with van der Waals surface area (Å²) in [5, 5.41) is 8.87. The van der Waals surface area contributed by atoms with E-state index < -0.39 is 0 Å². The van der Waals surface area contributed by atoms with Crippen LogP contribution in [-0.2, 0) is 11.2 Å². The highest BCUT2D eigenvalue weighted by atomic mass is 16.5. The van der Waals surface area contributed by atoms with Crippen molar-refractivity contribution in [1.82, 2.24) is 0 Å². The van der Waals surface area contributed by atoms with E-state index in [1.54, 1.807) is 42.5 Å². The van der Waals surface area contributed by atoms with Gasteiger partial charge in [0.2, 0.25) is 5.39 Å². The molecule has 2 aromatic rings. The Morgan fingerprint density at radius 3 is 2.41 bits per heavy atom. The van der Waals surface area contributed by atoms with Gasteiger partial charge >= 0.3 is 11.7 Å². The van der Waals surface area contributed by atoms with Crippen molar-refractivity contribution in [2.45, 2.75) is 19.8 Å². The molecule has 0 saturated heterocycles. The number of hydrogen-bond donors (Lipinski definition) is 0. The highest BCUT2D eigenvalue weighted by molar-refractivity contribution is 5.94. The molecule has 0 spiro atoms. The van der Waals surface area contributed by atoms with Crippen LogP contribution in [0.3, 0.4) is 0 Å². The molecule has 2 aromatic carbocycles. The highest BCUT2D eigenvalue weighted by Gasteiger charge is 2.14. The van der Waals surface area contributed by atoms with Gasteiger partial charge in [-0.1, -0.05) is 18.2 Å². The van der Waals surface area contributed by atoms with Gasteiger partial charge in [0.05, 0.1) is 6.42 Å². The van der Waals surface area contributed by atoms with Crippen molar-refractivity contribution in [3.05, 3.63) is 64.6 Å². The Morgan fingerprint density at radius 2 is 1.77 bits per heavy atom. The normalized spacial score (nSPS) is 9.82. The molecule has 5 heteroatoms.